The summed E-state index contributed by atoms with van der Waals surface area (Å²) in [7, 11) is 0. The first-order valence-electron chi connectivity index (χ1n) is 7.16. The molecule has 0 bridgehead atoms. The Balaban J connectivity index is 2.51. The molecule has 0 radical (unpaired) electrons. The maximum Gasteiger partial charge on any atom is 0.271 e. The number of hydrogen-bond donors (Lipinski definition) is 3. The summed E-state index contributed by atoms with van der Waals surface area (Å²) in [6.45, 7) is 6.97. The Hall–Kier alpha value is -1.69. The van der Waals surface area contributed by atoms with Crippen molar-refractivity contribution in [3.05, 3.63) is 17.8 Å². The summed E-state index contributed by atoms with van der Waals surface area (Å²) in [5.41, 5.74) is 0.290. The molecule has 0 fully saturated rings. The Kier molecular flexibility index (Phi) is 6.93. The van der Waals surface area contributed by atoms with Crippen LogP contribution in [-0.2, 0) is 0 Å². The fraction of sp³-hybridized carbons (Fsp3) is 0.643. The van der Waals surface area contributed by atoms with Crippen molar-refractivity contribution in [2.75, 3.05) is 18.4 Å². The second-order valence-corrected chi connectivity index (χ2v) is 4.69. The fourth-order valence-electron chi connectivity index (χ4n) is 2.01. The third-order valence-corrected chi connectivity index (χ3v) is 3.32. The number of hydrogen-bond acceptors (Lipinski definition) is 5. The highest BCUT2D eigenvalue weighted by molar-refractivity contribution is 5.92. The van der Waals surface area contributed by atoms with Gasteiger partial charge in [-0.15, -0.1) is 10.2 Å². The van der Waals surface area contributed by atoms with Crippen LogP contribution >= 0.6 is 0 Å². The van der Waals surface area contributed by atoms with Gasteiger partial charge in [-0.05, 0) is 25.0 Å². The van der Waals surface area contributed by atoms with Crippen LogP contribution in [-0.4, -0.2) is 40.4 Å². The number of aliphatic hydroxyl groups excluding tert-OH is 1. The van der Waals surface area contributed by atoms with Crippen LogP contribution in [0.25, 0.3) is 0 Å². The molecule has 0 aliphatic carbocycles. The van der Waals surface area contributed by atoms with Gasteiger partial charge < -0.3 is 15.7 Å². The zero-order chi connectivity index (χ0) is 15.0. The Bertz CT molecular complexity index is 404. The van der Waals surface area contributed by atoms with Crippen molar-refractivity contribution in [1.82, 2.24) is 15.5 Å². The molecule has 0 aliphatic heterocycles. The second kappa shape index (κ2) is 8.47. The molecule has 0 aliphatic rings. The molecule has 1 aromatic rings. The quantitative estimate of drug-likeness (QED) is 0.670. The number of rotatable bonds is 8. The van der Waals surface area contributed by atoms with Gasteiger partial charge in [0.05, 0.1) is 6.10 Å². The van der Waals surface area contributed by atoms with Gasteiger partial charge in [-0.25, -0.2) is 0 Å². The first kappa shape index (κ1) is 16.4. The molecule has 0 aromatic carbocycles. The summed E-state index contributed by atoms with van der Waals surface area (Å²) in [5.74, 6) is 0.608. The van der Waals surface area contributed by atoms with Gasteiger partial charge in [0.15, 0.2) is 5.69 Å². The zero-order valence-electron chi connectivity index (χ0n) is 12.4. The number of anilines is 1. The van der Waals surface area contributed by atoms with E-state index >= 15 is 0 Å². The van der Waals surface area contributed by atoms with Crippen LogP contribution in [0.5, 0.6) is 0 Å². The van der Waals surface area contributed by atoms with Gasteiger partial charge in [0, 0.05) is 13.1 Å². The number of aliphatic hydroxyl groups is 1. The van der Waals surface area contributed by atoms with Crippen LogP contribution in [0.15, 0.2) is 12.1 Å². The number of amides is 1. The lowest BCUT2D eigenvalue weighted by atomic mass is 9.97. The van der Waals surface area contributed by atoms with Crippen LogP contribution in [0.4, 0.5) is 5.82 Å². The molecule has 0 saturated heterocycles. The molecule has 1 unspecified atom stereocenters. The van der Waals surface area contributed by atoms with Crippen molar-refractivity contribution in [3.63, 3.8) is 0 Å². The Morgan fingerprint density at radius 1 is 1.25 bits per heavy atom. The minimum Gasteiger partial charge on any atom is -0.391 e. The average Bonchev–Trinajstić information content (AvgIpc) is 2.47. The number of aromatic nitrogens is 2. The van der Waals surface area contributed by atoms with Gasteiger partial charge in [-0.3, -0.25) is 4.79 Å². The molecule has 0 saturated carbocycles. The second-order valence-electron chi connectivity index (χ2n) is 4.69. The SMILES string of the molecule is CCNC(=O)c1ccc(NCC(O)C(CC)CC)nn1. The lowest BCUT2D eigenvalue weighted by Gasteiger charge is -2.20. The van der Waals surface area contributed by atoms with E-state index in [1.807, 2.05) is 6.92 Å². The first-order valence-corrected chi connectivity index (χ1v) is 7.16. The maximum absolute atomic E-state index is 11.5. The lowest BCUT2D eigenvalue weighted by molar-refractivity contribution is 0.0949. The summed E-state index contributed by atoms with van der Waals surface area (Å²) >= 11 is 0. The van der Waals surface area contributed by atoms with Crippen molar-refractivity contribution in [2.24, 2.45) is 5.92 Å². The van der Waals surface area contributed by atoms with E-state index in [0.717, 1.165) is 12.8 Å². The van der Waals surface area contributed by atoms with Crippen molar-refractivity contribution < 1.29 is 9.90 Å². The first-order chi connectivity index (χ1) is 9.62. The van der Waals surface area contributed by atoms with Gasteiger partial charge in [0.1, 0.15) is 5.82 Å². The molecule has 6 heteroatoms. The minimum atomic E-state index is -0.408. The highest BCUT2D eigenvalue weighted by Crippen LogP contribution is 2.13. The van der Waals surface area contributed by atoms with Gasteiger partial charge in [0.25, 0.3) is 5.91 Å². The number of nitrogens with zero attached hydrogens (tertiary/aromatic N) is 2. The van der Waals surface area contributed by atoms with E-state index in [2.05, 4.69) is 34.7 Å². The fourth-order valence-corrected chi connectivity index (χ4v) is 2.01. The largest absolute Gasteiger partial charge is 0.391 e. The molecular weight excluding hydrogens is 256 g/mol. The van der Waals surface area contributed by atoms with E-state index in [0.29, 0.717) is 18.9 Å². The van der Waals surface area contributed by atoms with Crippen LogP contribution in [0.3, 0.4) is 0 Å². The summed E-state index contributed by atoms with van der Waals surface area (Å²) in [6, 6.07) is 3.31. The van der Waals surface area contributed by atoms with Crippen LogP contribution in [0.1, 0.15) is 44.1 Å². The van der Waals surface area contributed by atoms with Gasteiger partial charge >= 0.3 is 0 Å². The van der Waals surface area contributed by atoms with E-state index in [1.165, 1.54) is 0 Å². The summed E-state index contributed by atoms with van der Waals surface area (Å²) in [4.78, 5) is 11.5. The number of carbonyl (C=O) groups excluding carboxylic acids is 1. The van der Waals surface area contributed by atoms with Crippen LogP contribution in [0, 0.1) is 5.92 Å². The van der Waals surface area contributed by atoms with Gasteiger partial charge in [0.2, 0.25) is 0 Å². The molecule has 112 valence electrons. The van der Waals surface area contributed by atoms with Crippen molar-refractivity contribution in [3.8, 4) is 0 Å². The molecule has 1 amide bonds. The highest BCUT2D eigenvalue weighted by atomic mass is 16.3. The van der Waals surface area contributed by atoms with E-state index in [4.69, 9.17) is 0 Å². The predicted molar refractivity (Wildman–Crippen MR) is 78.6 cm³/mol. The molecule has 1 heterocycles. The number of carbonyl (C=O) groups is 1. The van der Waals surface area contributed by atoms with Crippen molar-refractivity contribution >= 4 is 11.7 Å². The molecule has 3 N–H and O–H groups in total. The highest BCUT2D eigenvalue weighted by Gasteiger charge is 2.15. The lowest BCUT2D eigenvalue weighted by Crippen LogP contribution is -2.28. The van der Waals surface area contributed by atoms with E-state index < -0.39 is 6.10 Å². The van der Waals surface area contributed by atoms with E-state index in [9.17, 15) is 9.90 Å². The smallest absolute Gasteiger partial charge is 0.271 e. The molecule has 6 nitrogen and oxygen atoms in total. The zero-order valence-corrected chi connectivity index (χ0v) is 12.4. The monoisotopic (exact) mass is 280 g/mol. The Labute approximate surface area is 120 Å². The summed E-state index contributed by atoms with van der Waals surface area (Å²) in [5, 5.41) is 23.5. The van der Waals surface area contributed by atoms with Crippen molar-refractivity contribution in [2.45, 2.75) is 39.7 Å². The minimum absolute atomic E-state index is 0.233. The third-order valence-electron chi connectivity index (χ3n) is 3.32. The molecule has 0 spiro atoms. The summed E-state index contributed by atoms with van der Waals surface area (Å²) < 4.78 is 0. The third kappa shape index (κ3) is 4.77. The molecular formula is C14H24N4O2. The normalized spacial score (nSPS) is 12.2. The Morgan fingerprint density at radius 2 is 1.95 bits per heavy atom. The molecule has 20 heavy (non-hydrogen) atoms. The topological polar surface area (TPSA) is 87.1 Å². The Morgan fingerprint density at radius 3 is 2.45 bits per heavy atom. The molecule has 1 aromatic heterocycles. The van der Waals surface area contributed by atoms with E-state index in [1.54, 1.807) is 12.1 Å². The van der Waals surface area contributed by atoms with Crippen molar-refractivity contribution in [1.29, 1.82) is 0 Å². The predicted octanol–water partition coefficient (Wildman–Crippen LogP) is 1.44. The van der Waals surface area contributed by atoms with Gasteiger partial charge in [-0.2, -0.15) is 0 Å². The van der Waals surface area contributed by atoms with Crippen LogP contribution < -0.4 is 10.6 Å². The number of nitrogens with one attached hydrogen (secondary N) is 2. The standard InChI is InChI=1S/C14H24N4O2/c1-4-10(5-2)12(19)9-16-13-8-7-11(17-18-13)14(20)15-6-3/h7-8,10,12,19H,4-6,9H2,1-3H3,(H,15,20)(H,16,18). The molecule has 1 atom stereocenters. The van der Waals surface area contributed by atoms with Gasteiger partial charge in [-0.1, -0.05) is 26.7 Å². The summed E-state index contributed by atoms with van der Waals surface area (Å²) in [6.07, 6.45) is 1.48. The van der Waals surface area contributed by atoms with E-state index in [-0.39, 0.29) is 17.5 Å². The van der Waals surface area contributed by atoms with Crippen LogP contribution in [0.2, 0.25) is 0 Å². The average molecular weight is 280 g/mol. The molecule has 1 rings (SSSR count). The maximum atomic E-state index is 11.5.